The molecule has 0 spiro atoms. The van der Waals surface area contributed by atoms with Gasteiger partial charge in [-0.2, -0.15) is 0 Å². The minimum absolute atomic E-state index is 0.209. The minimum atomic E-state index is -0.209. The smallest absolute Gasteiger partial charge is 0.254 e. The Morgan fingerprint density at radius 2 is 1.65 bits per heavy atom. The third-order valence-electron chi connectivity index (χ3n) is 4.12. The summed E-state index contributed by atoms with van der Waals surface area (Å²) in [4.78, 5) is 20.6. The maximum absolute atomic E-state index is 12.0. The Balaban J connectivity index is 2.20. The molecule has 6 heteroatoms. The Morgan fingerprint density at radius 3 is 2.15 bits per heavy atom. The van der Waals surface area contributed by atoms with Crippen molar-refractivity contribution in [1.82, 2.24) is 15.3 Å². The molecular weight excluding hydrogens is 328 g/mol. The molecule has 1 heterocycles. The second-order valence-electron chi connectivity index (χ2n) is 6.79. The number of hydrogen-bond donors (Lipinski definition) is 2. The van der Waals surface area contributed by atoms with Crippen LogP contribution in [0.15, 0.2) is 30.6 Å². The molecule has 1 aromatic heterocycles. The van der Waals surface area contributed by atoms with Crippen LogP contribution in [0.3, 0.4) is 0 Å². The van der Waals surface area contributed by atoms with Crippen molar-refractivity contribution in [3.05, 3.63) is 47.3 Å². The molecule has 0 aliphatic rings. The lowest BCUT2D eigenvalue weighted by molar-refractivity contribution is 0.0936. The molecule has 26 heavy (non-hydrogen) atoms. The number of carbonyl (C=O) groups is 1. The second kappa shape index (κ2) is 9.29. The number of nitrogens with zero attached hydrogens (tertiary/aromatic N) is 2. The zero-order valence-corrected chi connectivity index (χ0v) is 16.2. The molecule has 0 fully saturated rings. The quantitative estimate of drug-likeness (QED) is 0.703. The van der Waals surface area contributed by atoms with E-state index in [0.717, 1.165) is 5.69 Å². The van der Waals surface area contributed by atoms with Crippen molar-refractivity contribution in [3.8, 4) is 0 Å². The number of ether oxygens (including phenoxy) is 1. The summed E-state index contributed by atoms with van der Waals surface area (Å²) in [6, 6.07) is 6.33. The molecule has 1 aromatic carbocycles. The van der Waals surface area contributed by atoms with Gasteiger partial charge in [0.05, 0.1) is 12.2 Å². The summed E-state index contributed by atoms with van der Waals surface area (Å²) < 4.78 is 4.92. The standard InChI is InChI=1S/C20H28N4O2/c1-13(2)16-7-6-8-17(14(3)4)18(16)24-20-22-11-15(12-23-20)19(25)21-9-10-26-5/h6-8,11-14H,9-10H2,1-5H3,(H,21,25)(H,22,23,24). The highest BCUT2D eigenvalue weighted by atomic mass is 16.5. The molecule has 2 aromatic rings. The number of benzene rings is 1. The summed E-state index contributed by atoms with van der Waals surface area (Å²) >= 11 is 0. The van der Waals surface area contributed by atoms with E-state index in [-0.39, 0.29) is 5.91 Å². The van der Waals surface area contributed by atoms with Crippen LogP contribution in [0, 0.1) is 0 Å². The van der Waals surface area contributed by atoms with E-state index in [9.17, 15) is 4.79 Å². The summed E-state index contributed by atoms with van der Waals surface area (Å²) in [6.07, 6.45) is 3.06. The van der Waals surface area contributed by atoms with Crippen LogP contribution in [0.2, 0.25) is 0 Å². The normalized spacial score (nSPS) is 11.0. The first-order valence-electron chi connectivity index (χ1n) is 8.93. The maximum atomic E-state index is 12.0. The molecule has 0 unspecified atom stereocenters. The first-order chi connectivity index (χ1) is 12.4. The fourth-order valence-corrected chi connectivity index (χ4v) is 2.69. The van der Waals surface area contributed by atoms with Gasteiger partial charge in [-0.1, -0.05) is 45.9 Å². The van der Waals surface area contributed by atoms with E-state index in [2.05, 4.69) is 66.5 Å². The third-order valence-corrected chi connectivity index (χ3v) is 4.12. The predicted octanol–water partition coefficient (Wildman–Crippen LogP) is 3.84. The van der Waals surface area contributed by atoms with Crippen LogP contribution in [-0.4, -0.2) is 36.1 Å². The number of methoxy groups -OCH3 is 1. The van der Waals surface area contributed by atoms with Crippen LogP contribution in [0.5, 0.6) is 0 Å². The first kappa shape index (κ1) is 19.8. The first-order valence-corrected chi connectivity index (χ1v) is 8.93. The van der Waals surface area contributed by atoms with E-state index < -0.39 is 0 Å². The minimum Gasteiger partial charge on any atom is -0.383 e. The van der Waals surface area contributed by atoms with Gasteiger partial charge in [-0.3, -0.25) is 4.79 Å². The van der Waals surface area contributed by atoms with Gasteiger partial charge in [-0.25, -0.2) is 9.97 Å². The molecular formula is C20H28N4O2. The van der Waals surface area contributed by atoms with Crippen LogP contribution >= 0.6 is 0 Å². The number of aromatic nitrogens is 2. The number of amides is 1. The largest absolute Gasteiger partial charge is 0.383 e. The van der Waals surface area contributed by atoms with Crippen molar-refractivity contribution < 1.29 is 9.53 Å². The van der Waals surface area contributed by atoms with Gasteiger partial charge in [0.15, 0.2) is 0 Å². The lowest BCUT2D eigenvalue weighted by Crippen LogP contribution is -2.27. The van der Waals surface area contributed by atoms with E-state index in [1.54, 1.807) is 7.11 Å². The van der Waals surface area contributed by atoms with Crippen LogP contribution in [-0.2, 0) is 4.74 Å². The molecule has 140 valence electrons. The Kier molecular flexibility index (Phi) is 7.09. The Morgan fingerprint density at radius 1 is 1.08 bits per heavy atom. The lowest BCUT2D eigenvalue weighted by Gasteiger charge is -2.20. The average Bonchev–Trinajstić information content (AvgIpc) is 2.62. The van der Waals surface area contributed by atoms with E-state index in [4.69, 9.17) is 4.74 Å². The van der Waals surface area contributed by atoms with E-state index >= 15 is 0 Å². The zero-order chi connectivity index (χ0) is 19.1. The number of anilines is 2. The molecule has 0 saturated heterocycles. The lowest BCUT2D eigenvalue weighted by atomic mass is 9.93. The van der Waals surface area contributed by atoms with E-state index in [0.29, 0.717) is 36.5 Å². The maximum Gasteiger partial charge on any atom is 0.254 e. The van der Waals surface area contributed by atoms with Gasteiger partial charge in [-0.05, 0) is 23.0 Å². The average molecular weight is 356 g/mol. The van der Waals surface area contributed by atoms with Crippen molar-refractivity contribution >= 4 is 17.5 Å². The monoisotopic (exact) mass is 356 g/mol. The molecule has 0 saturated carbocycles. The van der Waals surface area contributed by atoms with Crippen LogP contribution in [0.25, 0.3) is 0 Å². The van der Waals surface area contributed by atoms with E-state index in [1.807, 2.05) is 0 Å². The van der Waals surface area contributed by atoms with Gasteiger partial charge in [0.25, 0.3) is 5.91 Å². The Bertz CT molecular complexity index is 701. The summed E-state index contributed by atoms with van der Waals surface area (Å²) in [5.74, 6) is 1.02. The number of nitrogens with one attached hydrogen (secondary N) is 2. The predicted molar refractivity (Wildman–Crippen MR) is 104 cm³/mol. The summed E-state index contributed by atoms with van der Waals surface area (Å²) in [6.45, 7) is 9.58. The van der Waals surface area contributed by atoms with Crippen molar-refractivity contribution in [2.24, 2.45) is 0 Å². The Hall–Kier alpha value is -2.47. The highest BCUT2D eigenvalue weighted by Gasteiger charge is 2.15. The SMILES string of the molecule is COCCNC(=O)c1cnc(Nc2c(C(C)C)cccc2C(C)C)nc1. The molecule has 0 aliphatic heterocycles. The molecule has 0 atom stereocenters. The van der Waals surface area contributed by atoms with Gasteiger partial charge in [0.2, 0.25) is 5.95 Å². The zero-order valence-electron chi connectivity index (χ0n) is 16.2. The fourth-order valence-electron chi connectivity index (χ4n) is 2.69. The van der Waals surface area contributed by atoms with Crippen molar-refractivity contribution in [3.63, 3.8) is 0 Å². The third kappa shape index (κ3) is 5.02. The number of rotatable bonds is 8. The molecule has 0 aliphatic carbocycles. The number of carbonyl (C=O) groups excluding carboxylic acids is 1. The van der Waals surface area contributed by atoms with Crippen molar-refractivity contribution in [1.29, 1.82) is 0 Å². The molecule has 0 bridgehead atoms. The summed E-state index contributed by atoms with van der Waals surface area (Å²) in [5.41, 5.74) is 3.92. The summed E-state index contributed by atoms with van der Waals surface area (Å²) in [5, 5.41) is 6.10. The van der Waals surface area contributed by atoms with Gasteiger partial charge in [0.1, 0.15) is 0 Å². The highest BCUT2D eigenvalue weighted by molar-refractivity contribution is 5.93. The van der Waals surface area contributed by atoms with Gasteiger partial charge >= 0.3 is 0 Å². The van der Waals surface area contributed by atoms with Crippen LogP contribution in [0.1, 0.15) is 61.0 Å². The van der Waals surface area contributed by atoms with Crippen LogP contribution in [0.4, 0.5) is 11.6 Å². The Labute approximate surface area is 155 Å². The van der Waals surface area contributed by atoms with Crippen LogP contribution < -0.4 is 10.6 Å². The van der Waals surface area contributed by atoms with Gasteiger partial charge < -0.3 is 15.4 Å². The van der Waals surface area contributed by atoms with Gasteiger partial charge in [0, 0.05) is 31.7 Å². The summed E-state index contributed by atoms with van der Waals surface area (Å²) in [7, 11) is 1.59. The fraction of sp³-hybridized carbons (Fsp3) is 0.450. The molecule has 0 radical (unpaired) electrons. The number of para-hydroxylation sites is 1. The van der Waals surface area contributed by atoms with Crippen molar-refractivity contribution in [2.45, 2.75) is 39.5 Å². The highest BCUT2D eigenvalue weighted by Crippen LogP contribution is 2.33. The molecule has 1 amide bonds. The molecule has 6 nitrogen and oxygen atoms in total. The molecule has 2 N–H and O–H groups in total. The second-order valence-corrected chi connectivity index (χ2v) is 6.79. The van der Waals surface area contributed by atoms with Crippen molar-refractivity contribution in [2.75, 3.05) is 25.6 Å². The van der Waals surface area contributed by atoms with E-state index in [1.165, 1.54) is 23.5 Å². The van der Waals surface area contributed by atoms with Gasteiger partial charge in [-0.15, -0.1) is 0 Å². The number of hydrogen-bond acceptors (Lipinski definition) is 5. The molecule has 2 rings (SSSR count). The topological polar surface area (TPSA) is 76.1 Å².